The Morgan fingerprint density at radius 1 is 1.47 bits per heavy atom. The van der Waals surface area contributed by atoms with E-state index in [-0.39, 0.29) is 0 Å². The van der Waals surface area contributed by atoms with Gasteiger partial charge in [0.1, 0.15) is 5.75 Å². The van der Waals surface area contributed by atoms with E-state index >= 15 is 0 Å². The first kappa shape index (κ1) is 12.4. The molecule has 0 amide bonds. The molecule has 0 aromatic heterocycles. The van der Waals surface area contributed by atoms with Crippen LogP contribution in [0.2, 0.25) is 0 Å². The van der Waals surface area contributed by atoms with E-state index in [0.717, 1.165) is 18.0 Å². The largest absolute Gasteiger partial charge is 0.497 e. The highest BCUT2D eigenvalue weighted by atomic mass is 32.2. The van der Waals surface area contributed by atoms with E-state index in [1.54, 1.807) is 7.11 Å². The molecule has 84 valence electrons. The second-order valence-corrected chi connectivity index (χ2v) is 4.75. The smallest absolute Gasteiger partial charge is 0.119 e. The number of thioether (sulfide) groups is 1. The van der Waals surface area contributed by atoms with Gasteiger partial charge in [0.25, 0.3) is 0 Å². The van der Waals surface area contributed by atoms with Crippen LogP contribution in [0.15, 0.2) is 29.2 Å². The molecule has 15 heavy (non-hydrogen) atoms. The summed E-state index contributed by atoms with van der Waals surface area (Å²) in [6.07, 6.45) is 0. The van der Waals surface area contributed by atoms with Gasteiger partial charge in [-0.2, -0.15) is 0 Å². The number of nitrogens with one attached hydrogen (secondary N) is 1. The number of benzene rings is 1. The molecular formula is C12H19NOS. The van der Waals surface area contributed by atoms with E-state index in [1.807, 2.05) is 30.9 Å². The highest BCUT2D eigenvalue weighted by Gasteiger charge is 2.02. The Labute approximate surface area is 96.4 Å². The molecule has 1 rings (SSSR count). The van der Waals surface area contributed by atoms with Crippen molar-refractivity contribution in [2.45, 2.75) is 11.8 Å². The molecule has 0 bridgehead atoms. The first-order chi connectivity index (χ1) is 7.26. The zero-order valence-corrected chi connectivity index (χ0v) is 10.4. The summed E-state index contributed by atoms with van der Waals surface area (Å²) in [4.78, 5) is 1.28. The molecule has 1 unspecified atom stereocenters. The Kier molecular flexibility index (Phi) is 5.58. The second-order valence-electron chi connectivity index (χ2n) is 3.65. The van der Waals surface area contributed by atoms with E-state index in [1.165, 1.54) is 4.90 Å². The van der Waals surface area contributed by atoms with E-state index in [0.29, 0.717) is 5.92 Å². The molecule has 0 fully saturated rings. The molecule has 0 spiro atoms. The lowest BCUT2D eigenvalue weighted by Gasteiger charge is -2.10. The maximum atomic E-state index is 5.18. The van der Waals surface area contributed by atoms with Gasteiger partial charge in [0.15, 0.2) is 0 Å². The highest BCUT2D eigenvalue weighted by Crippen LogP contribution is 2.24. The van der Waals surface area contributed by atoms with Crippen LogP contribution in [0, 0.1) is 5.92 Å². The molecule has 0 aliphatic carbocycles. The van der Waals surface area contributed by atoms with Crippen molar-refractivity contribution in [1.29, 1.82) is 0 Å². The summed E-state index contributed by atoms with van der Waals surface area (Å²) in [5, 5.41) is 3.19. The molecule has 0 aliphatic rings. The van der Waals surface area contributed by atoms with E-state index in [9.17, 15) is 0 Å². The van der Waals surface area contributed by atoms with E-state index < -0.39 is 0 Å². The van der Waals surface area contributed by atoms with Crippen molar-refractivity contribution in [2.24, 2.45) is 5.92 Å². The fraction of sp³-hybridized carbons (Fsp3) is 0.500. The molecule has 0 heterocycles. The summed E-state index contributed by atoms with van der Waals surface area (Å²) in [6, 6.07) is 8.21. The third kappa shape index (κ3) is 4.58. The minimum Gasteiger partial charge on any atom is -0.497 e. The number of hydrogen-bond donors (Lipinski definition) is 1. The molecule has 0 radical (unpaired) electrons. The summed E-state index contributed by atoms with van der Waals surface area (Å²) in [6.45, 7) is 3.32. The van der Waals surface area contributed by atoms with Crippen LogP contribution in [0.25, 0.3) is 0 Å². The molecule has 0 aliphatic heterocycles. The number of rotatable bonds is 6. The first-order valence-electron chi connectivity index (χ1n) is 5.17. The van der Waals surface area contributed by atoms with Gasteiger partial charge in [0.05, 0.1) is 7.11 Å². The Bertz CT molecular complexity index is 291. The van der Waals surface area contributed by atoms with Crippen molar-refractivity contribution in [1.82, 2.24) is 5.32 Å². The van der Waals surface area contributed by atoms with Crippen molar-refractivity contribution in [3.05, 3.63) is 24.3 Å². The predicted octanol–water partition coefficient (Wildman–Crippen LogP) is 2.64. The van der Waals surface area contributed by atoms with Gasteiger partial charge in [-0.15, -0.1) is 11.8 Å². The molecule has 2 nitrogen and oxygen atoms in total. The molecule has 0 saturated carbocycles. The van der Waals surface area contributed by atoms with Crippen LogP contribution in [-0.4, -0.2) is 26.5 Å². The maximum Gasteiger partial charge on any atom is 0.119 e. The van der Waals surface area contributed by atoms with E-state index in [4.69, 9.17) is 4.74 Å². The second kappa shape index (κ2) is 6.75. The zero-order valence-electron chi connectivity index (χ0n) is 9.62. The van der Waals surface area contributed by atoms with Crippen molar-refractivity contribution >= 4 is 11.8 Å². The van der Waals surface area contributed by atoms with Gasteiger partial charge in [-0.25, -0.2) is 0 Å². The minimum atomic E-state index is 0.686. The van der Waals surface area contributed by atoms with Gasteiger partial charge in [0.2, 0.25) is 0 Å². The van der Waals surface area contributed by atoms with Gasteiger partial charge < -0.3 is 10.1 Å². The van der Waals surface area contributed by atoms with Crippen molar-refractivity contribution < 1.29 is 4.74 Å². The summed E-state index contributed by atoms with van der Waals surface area (Å²) in [5.41, 5.74) is 0. The van der Waals surface area contributed by atoms with Crippen LogP contribution in [0.5, 0.6) is 5.75 Å². The van der Waals surface area contributed by atoms with Gasteiger partial charge in [0, 0.05) is 10.6 Å². The maximum absolute atomic E-state index is 5.18. The standard InChI is InChI=1S/C12H19NOS/c1-10(8-13-2)9-15-12-6-4-5-11(7-12)14-3/h4-7,10,13H,8-9H2,1-3H3. The van der Waals surface area contributed by atoms with Crippen LogP contribution in [0.3, 0.4) is 0 Å². The van der Waals surface area contributed by atoms with Gasteiger partial charge >= 0.3 is 0 Å². The molecule has 1 aromatic rings. The first-order valence-corrected chi connectivity index (χ1v) is 6.16. The van der Waals surface area contributed by atoms with Crippen LogP contribution in [-0.2, 0) is 0 Å². The molecule has 3 heteroatoms. The molecule has 1 N–H and O–H groups in total. The van der Waals surface area contributed by atoms with Gasteiger partial charge in [-0.3, -0.25) is 0 Å². The van der Waals surface area contributed by atoms with Crippen molar-refractivity contribution in [3.8, 4) is 5.75 Å². The number of hydrogen-bond acceptors (Lipinski definition) is 3. The average Bonchev–Trinajstić information content (AvgIpc) is 2.27. The fourth-order valence-electron chi connectivity index (χ4n) is 1.34. The monoisotopic (exact) mass is 225 g/mol. The van der Waals surface area contributed by atoms with Gasteiger partial charge in [-0.1, -0.05) is 13.0 Å². The van der Waals surface area contributed by atoms with Crippen LogP contribution in [0.4, 0.5) is 0 Å². The number of ether oxygens (including phenoxy) is 1. The normalized spacial score (nSPS) is 12.5. The zero-order chi connectivity index (χ0) is 11.1. The average molecular weight is 225 g/mol. The third-order valence-electron chi connectivity index (χ3n) is 2.13. The predicted molar refractivity (Wildman–Crippen MR) is 66.8 cm³/mol. The number of methoxy groups -OCH3 is 1. The third-order valence-corrected chi connectivity index (χ3v) is 3.45. The Balaban J connectivity index is 2.43. The summed E-state index contributed by atoms with van der Waals surface area (Å²) >= 11 is 1.88. The quantitative estimate of drug-likeness (QED) is 0.752. The lowest BCUT2D eigenvalue weighted by Crippen LogP contribution is -2.17. The van der Waals surface area contributed by atoms with E-state index in [2.05, 4.69) is 24.4 Å². The lowest BCUT2D eigenvalue weighted by molar-refractivity contribution is 0.413. The summed E-state index contributed by atoms with van der Waals surface area (Å²) in [5.74, 6) is 2.75. The topological polar surface area (TPSA) is 21.3 Å². The Hall–Kier alpha value is -0.670. The molecule has 1 atom stereocenters. The molecule has 0 saturated heterocycles. The fourth-order valence-corrected chi connectivity index (χ4v) is 2.31. The van der Waals surface area contributed by atoms with Crippen molar-refractivity contribution in [3.63, 3.8) is 0 Å². The van der Waals surface area contributed by atoms with Crippen LogP contribution < -0.4 is 10.1 Å². The highest BCUT2D eigenvalue weighted by molar-refractivity contribution is 7.99. The molecular weight excluding hydrogens is 206 g/mol. The Morgan fingerprint density at radius 3 is 2.93 bits per heavy atom. The Morgan fingerprint density at radius 2 is 2.27 bits per heavy atom. The van der Waals surface area contributed by atoms with Gasteiger partial charge in [-0.05, 0) is 37.7 Å². The minimum absolute atomic E-state index is 0.686. The lowest BCUT2D eigenvalue weighted by atomic mass is 10.2. The SMILES string of the molecule is CNCC(C)CSc1cccc(OC)c1. The summed E-state index contributed by atoms with van der Waals surface area (Å²) < 4.78 is 5.18. The van der Waals surface area contributed by atoms with Crippen LogP contribution >= 0.6 is 11.8 Å². The van der Waals surface area contributed by atoms with Crippen molar-refractivity contribution in [2.75, 3.05) is 26.5 Å². The summed E-state index contributed by atoms with van der Waals surface area (Å²) in [7, 11) is 3.69. The van der Waals surface area contributed by atoms with Crippen LogP contribution in [0.1, 0.15) is 6.92 Å². The molecule has 1 aromatic carbocycles.